The first-order chi connectivity index (χ1) is 12.2. The van der Waals surface area contributed by atoms with E-state index < -0.39 is 0 Å². The zero-order chi connectivity index (χ0) is 17.9. The number of carbonyl (C=O) groups excluding carboxylic acids is 1. The lowest BCUT2D eigenvalue weighted by molar-refractivity contribution is 0.0963. The molecule has 3 N–H and O–H groups in total. The first-order valence-corrected chi connectivity index (χ1v) is 9.48. The summed E-state index contributed by atoms with van der Waals surface area (Å²) >= 11 is 0. The van der Waals surface area contributed by atoms with Crippen molar-refractivity contribution in [2.45, 2.75) is 51.5 Å². The molecule has 0 bridgehead atoms. The third kappa shape index (κ3) is 7.93. The highest BCUT2D eigenvalue weighted by Crippen LogP contribution is 2.28. The molecule has 1 aliphatic carbocycles. The molecule has 0 aliphatic heterocycles. The van der Waals surface area contributed by atoms with Gasteiger partial charge in [-0.25, -0.2) is 0 Å². The summed E-state index contributed by atoms with van der Waals surface area (Å²) < 4.78 is 0. The van der Waals surface area contributed by atoms with Crippen molar-refractivity contribution in [1.82, 2.24) is 16.0 Å². The molecule has 0 aromatic heterocycles. The second-order valence-corrected chi connectivity index (χ2v) is 6.78. The quantitative estimate of drug-likeness (QED) is 0.234. The molecule has 5 nitrogen and oxygen atoms in total. The number of nitrogens with zero attached hydrogens (tertiary/aromatic N) is 1. The number of rotatable bonds is 8. The van der Waals surface area contributed by atoms with Gasteiger partial charge in [-0.15, -0.1) is 24.0 Å². The molecule has 6 heteroatoms. The lowest BCUT2D eigenvalue weighted by Crippen LogP contribution is -2.37. The molecular formula is C20H33IN4O. The molecule has 0 unspecified atom stereocenters. The maximum absolute atomic E-state index is 11.7. The van der Waals surface area contributed by atoms with Crippen LogP contribution in [0.5, 0.6) is 0 Å². The van der Waals surface area contributed by atoms with E-state index in [4.69, 9.17) is 0 Å². The van der Waals surface area contributed by atoms with Gasteiger partial charge < -0.3 is 16.0 Å². The molecule has 1 amide bonds. The minimum Gasteiger partial charge on any atom is -0.356 e. The van der Waals surface area contributed by atoms with E-state index in [2.05, 4.69) is 20.9 Å². The molecule has 0 saturated heterocycles. The number of benzene rings is 1. The summed E-state index contributed by atoms with van der Waals surface area (Å²) in [6.45, 7) is 1.59. The highest BCUT2D eigenvalue weighted by Gasteiger charge is 2.13. The molecule has 1 saturated carbocycles. The van der Waals surface area contributed by atoms with Crippen molar-refractivity contribution in [3.8, 4) is 0 Å². The van der Waals surface area contributed by atoms with Gasteiger partial charge in [-0.1, -0.05) is 50.7 Å². The van der Waals surface area contributed by atoms with E-state index in [1.807, 2.05) is 24.3 Å². The van der Waals surface area contributed by atoms with Gasteiger partial charge in [-0.3, -0.25) is 9.79 Å². The van der Waals surface area contributed by atoms with Crippen LogP contribution in [0, 0.1) is 5.92 Å². The first-order valence-electron chi connectivity index (χ1n) is 9.48. The van der Waals surface area contributed by atoms with Crippen LogP contribution in [0.3, 0.4) is 0 Å². The average molecular weight is 472 g/mol. The Kier molecular flexibility index (Phi) is 11.3. The van der Waals surface area contributed by atoms with Gasteiger partial charge in [-0.05, 0) is 30.0 Å². The third-order valence-corrected chi connectivity index (χ3v) is 4.91. The van der Waals surface area contributed by atoms with Crippen molar-refractivity contribution in [3.05, 3.63) is 35.4 Å². The van der Waals surface area contributed by atoms with Gasteiger partial charge in [0.2, 0.25) is 0 Å². The number of guanidine groups is 1. The van der Waals surface area contributed by atoms with E-state index in [0.717, 1.165) is 24.0 Å². The van der Waals surface area contributed by atoms with Crippen molar-refractivity contribution in [2.75, 3.05) is 20.6 Å². The fourth-order valence-electron chi connectivity index (χ4n) is 3.44. The van der Waals surface area contributed by atoms with Crippen LogP contribution in [-0.4, -0.2) is 32.5 Å². The maximum Gasteiger partial charge on any atom is 0.251 e. The van der Waals surface area contributed by atoms with Gasteiger partial charge in [0.1, 0.15) is 0 Å². The average Bonchev–Trinajstić information content (AvgIpc) is 3.17. The Morgan fingerprint density at radius 3 is 2.65 bits per heavy atom. The van der Waals surface area contributed by atoms with E-state index in [-0.39, 0.29) is 29.9 Å². The standard InChI is InChI=1S/C20H32N4O.HI/c1-21-19(25)18-12-7-11-17(14-18)15-24-20(22-2)23-13-6-5-10-16-8-3-4-9-16;/h7,11-12,14,16H,3-6,8-10,13,15H2,1-2H3,(H,21,25)(H2,22,23,24);1H. The Hall–Kier alpha value is -1.31. The van der Waals surface area contributed by atoms with E-state index in [1.54, 1.807) is 14.1 Å². The predicted molar refractivity (Wildman–Crippen MR) is 119 cm³/mol. The molecule has 1 aliphatic rings. The van der Waals surface area contributed by atoms with Crippen LogP contribution in [0.1, 0.15) is 60.9 Å². The summed E-state index contributed by atoms with van der Waals surface area (Å²) in [5.74, 6) is 1.72. The van der Waals surface area contributed by atoms with Crippen LogP contribution in [0.2, 0.25) is 0 Å². The summed E-state index contributed by atoms with van der Waals surface area (Å²) in [4.78, 5) is 16.0. The molecule has 0 spiro atoms. The molecule has 26 heavy (non-hydrogen) atoms. The van der Waals surface area contributed by atoms with Gasteiger partial charge in [0.05, 0.1) is 0 Å². The molecule has 1 aromatic rings. The van der Waals surface area contributed by atoms with Crippen LogP contribution in [0.4, 0.5) is 0 Å². The second-order valence-electron chi connectivity index (χ2n) is 6.78. The third-order valence-electron chi connectivity index (χ3n) is 4.91. The Morgan fingerprint density at radius 1 is 1.19 bits per heavy atom. The first kappa shape index (κ1) is 22.7. The van der Waals surface area contributed by atoms with E-state index in [9.17, 15) is 4.79 Å². The zero-order valence-electron chi connectivity index (χ0n) is 16.0. The molecular weight excluding hydrogens is 439 g/mol. The van der Waals surface area contributed by atoms with Crippen molar-refractivity contribution in [2.24, 2.45) is 10.9 Å². The number of halogens is 1. The van der Waals surface area contributed by atoms with Crippen LogP contribution < -0.4 is 16.0 Å². The molecule has 0 heterocycles. The number of unbranched alkanes of at least 4 members (excludes halogenated alkanes) is 1. The smallest absolute Gasteiger partial charge is 0.251 e. The summed E-state index contributed by atoms with van der Waals surface area (Å²) in [6, 6.07) is 7.63. The molecule has 1 aromatic carbocycles. The lowest BCUT2D eigenvalue weighted by Gasteiger charge is -2.13. The second kappa shape index (κ2) is 12.9. The molecule has 0 radical (unpaired) electrons. The number of aliphatic imine (C=N–C) groups is 1. The molecule has 146 valence electrons. The minimum atomic E-state index is -0.0633. The Morgan fingerprint density at radius 2 is 1.96 bits per heavy atom. The van der Waals surface area contributed by atoms with E-state index >= 15 is 0 Å². The number of carbonyl (C=O) groups is 1. The Balaban J connectivity index is 0.00000338. The fourth-order valence-corrected chi connectivity index (χ4v) is 3.44. The normalized spacial score (nSPS) is 14.6. The largest absolute Gasteiger partial charge is 0.356 e. The molecule has 1 fully saturated rings. The number of nitrogens with one attached hydrogen (secondary N) is 3. The SMILES string of the molecule is CN=C(NCCCCC1CCCC1)NCc1cccc(C(=O)NC)c1.I. The van der Waals surface area contributed by atoms with E-state index in [1.165, 1.54) is 44.9 Å². The Bertz CT molecular complexity index is 571. The van der Waals surface area contributed by atoms with Crippen LogP contribution >= 0.6 is 24.0 Å². The summed E-state index contributed by atoms with van der Waals surface area (Å²) in [6.07, 6.45) is 9.59. The summed E-state index contributed by atoms with van der Waals surface area (Å²) in [5.41, 5.74) is 1.74. The monoisotopic (exact) mass is 472 g/mol. The summed E-state index contributed by atoms with van der Waals surface area (Å²) in [5, 5.41) is 9.33. The van der Waals surface area contributed by atoms with Crippen molar-refractivity contribution in [3.63, 3.8) is 0 Å². The van der Waals surface area contributed by atoms with Crippen LogP contribution in [-0.2, 0) is 6.54 Å². The van der Waals surface area contributed by atoms with Crippen molar-refractivity contribution in [1.29, 1.82) is 0 Å². The van der Waals surface area contributed by atoms with Crippen molar-refractivity contribution < 1.29 is 4.79 Å². The molecule has 2 rings (SSSR count). The minimum absolute atomic E-state index is 0. The lowest BCUT2D eigenvalue weighted by atomic mass is 10.0. The highest BCUT2D eigenvalue weighted by atomic mass is 127. The number of hydrogen-bond acceptors (Lipinski definition) is 2. The predicted octanol–water partition coefficient (Wildman–Crippen LogP) is 3.69. The van der Waals surface area contributed by atoms with Gasteiger partial charge in [0.15, 0.2) is 5.96 Å². The van der Waals surface area contributed by atoms with Crippen LogP contribution in [0.25, 0.3) is 0 Å². The number of amides is 1. The van der Waals surface area contributed by atoms with Gasteiger partial charge in [0.25, 0.3) is 5.91 Å². The van der Waals surface area contributed by atoms with Gasteiger partial charge >= 0.3 is 0 Å². The topological polar surface area (TPSA) is 65.5 Å². The summed E-state index contributed by atoms with van der Waals surface area (Å²) in [7, 11) is 3.43. The van der Waals surface area contributed by atoms with Gasteiger partial charge in [0, 0.05) is 32.7 Å². The molecule has 0 atom stereocenters. The number of hydrogen-bond donors (Lipinski definition) is 3. The van der Waals surface area contributed by atoms with Crippen molar-refractivity contribution >= 4 is 35.8 Å². The van der Waals surface area contributed by atoms with Crippen LogP contribution in [0.15, 0.2) is 29.3 Å². The fraction of sp³-hybridized carbons (Fsp3) is 0.600. The highest BCUT2D eigenvalue weighted by molar-refractivity contribution is 14.0. The maximum atomic E-state index is 11.7. The Labute approximate surface area is 174 Å². The van der Waals surface area contributed by atoms with Gasteiger partial charge in [-0.2, -0.15) is 0 Å². The van der Waals surface area contributed by atoms with E-state index in [0.29, 0.717) is 12.1 Å². The zero-order valence-corrected chi connectivity index (χ0v) is 18.3.